The molecule has 0 saturated heterocycles. The van der Waals surface area contributed by atoms with E-state index in [1.165, 1.54) is 18.2 Å². The van der Waals surface area contributed by atoms with Gasteiger partial charge >= 0.3 is 0 Å². The van der Waals surface area contributed by atoms with Crippen molar-refractivity contribution >= 4 is 5.65 Å². The number of aryl methyl sites for hydroxylation is 2. The number of ether oxygens (including phenoxy) is 1. The molecule has 2 aromatic heterocycles. The van der Waals surface area contributed by atoms with Gasteiger partial charge in [-0.15, -0.1) is 10.2 Å². The van der Waals surface area contributed by atoms with Gasteiger partial charge in [-0.1, -0.05) is 6.07 Å². The molecule has 0 saturated carbocycles. The van der Waals surface area contributed by atoms with Crippen LogP contribution in [0.3, 0.4) is 0 Å². The predicted octanol–water partition coefficient (Wildman–Crippen LogP) is 4.10. The monoisotopic (exact) mass is 392 g/mol. The Kier molecular flexibility index (Phi) is 4.23. The molecule has 0 spiro atoms. The average molecular weight is 392 g/mol. The molecule has 0 bridgehead atoms. The summed E-state index contributed by atoms with van der Waals surface area (Å²) in [6.07, 6.45) is 5.10. The van der Waals surface area contributed by atoms with E-state index in [-0.39, 0.29) is 11.6 Å². The van der Waals surface area contributed by atoms with Crippen LogP contribution in [-0.2, 0) is 19.3 Å². The highest BCUT2D eigenvalue weighted by molar-refractivity contribution is 5.78. The zero-order valence-electron chi connectivity index (χ0n) is 15.8. The van der Waals surface area contributed by atoms with Gasteiger partial charge in [-0.05, 0) is 54.3 Å². The van der Waals surface area contributed by atoms with Gasteiger partial charge in [0.05, 0.1) is 6.61 Å². The molecule has 0 unspecified atom stereocenters. The molecule has 0 atom stereocenters. The minimum Gasteiger partial charge on any atom is -0.493 e. The van der Waals surface area contributed by atoms with E-state index in [9.17, 15) is 8.78 Å². The summed E-state index contributed by atoms with van der Waals surface area (Å²) in [7, 11) is 0. The summed E-state index contributed by atoms with van der Waals surface area (Å²) in [5, 5.41) is 8.27. The van der Waals surface area contributed by atoms with Crippen LogP contribution in [0, 0.1) is 18.6 Å². The van der Waals surface area contributed by atoms with Gasteiger partial charge in [-0.2, -0.15) is 0 Å². The fourth-order valence-corrected chi connectivity index (χ4v) is 3.99. The maximum absolute atomic E-state index is 14.4. The summed E-state index contributed by atoms with van der Waals surface area (Å²) in [4.78, 5) is 4.59. The largest absolute Gasteiger partial charge is 0.493 e. The van der Waals surface area contributed by atoms with Gasteiger partial charge in [0.25, 0.3) is 0 Å². The lowest BCUT2D eigenvalue weighted by Crippen LogP contribution is -2.06. The molecule has 5 nitrogen and oxygen atoms in total. The van der Waals surface area contributed by atoms with Gasteiger partial charge in [-0.25, -0.2) is 13.8 Å². The van der Waals surface area contributed by atoms with Crippen molar-refractivity contribution < 1.29 is 13.5 Å². The van der Waals surface area contributed by atoms with Gasteiger partial charge < -0.3 is 4.74 Å². The second kappa shape index (κ2) is 6.92. The number of aromatic nitrogens is 4. The molecule has 0 aliphatic carbocycles. The first-order valence-electron chi connectivity index (χ1n) is 9.49. The van der Waals surface area contributed by atoms with E-state index in [0.717, 1.165) is 40.2 Å². The van der Waals surface area contributed by atoms with Crippen molar-refractivity contribution in [2.24, 2.45) is 0 Å². The molecule has 7 heteroatoms. The molecule has 1 aliphatic heterocycles. The average Bonchev–Trinajstić information content (AvgIpc) is 3.37. The third-order valence-electron chi connectivity index (χ3n) is 5.43. The Balaban J connectivity index is 1.50. The Morgan fingerprint density at radius 2 is 2.00 bits per heavy atom. The number of fused-ring (bicyclic) bond motifs is 2. The van der Waals surface area contributed by atoms with Crippen molar-refractivity contribution in [3.63, 3.8) is 0 Å². The molecule has 2 aromatic carbocycles. The number of benzene rings is 2. The lowest BCUT2D eigenvalue weighted by Gasteiger charge is -2.11. The molecular weight excluding hydrogens is 374 g/mol. The van der Waals surface area contributed by atoms with Crippen molar-refractivity contribution in [1.29, 1.82) is 0 Å². The van der Waals surface area contributed by atoms with Crippen LogP contribution >= 0.6 is 0 Å². The highest BCUT2D eigenvalue weighted by Crippen LogP contribution is 2.31. The molecule has 0 N–H and O–H groups in total. The molecule has 146 valence electrons. The maximum atomic E-state index is 14.4. The van der Waals surface area contributed by atoms with Crippen LogP contribution in [0.5, 0.6) is 5.75 Å². The zero-order valence-corrected chi connectivity index (χ0v) is 15.8. The normalized spacial score (nSPS) is 12.9. The van der Waals surface area contributed by atoms with E-state index in [1.54, 1.807) is 24.7 Å². The fraction of sp³-hybridized carbons (Fsp3) is 0.227. The van der Waals surface area contributed by atoms with Crippen LogP contribution in [0.2, 0.25) is 0 Å². The Morgan fingerprint density at radius 3 is 2.86 bits per heavy atom. The third-order valence-corrected chi connectivity index (χ3v) is 5.43. The molecule has 4 aromatic rings. The van der Waals surface area contributed by atoms with Crippen LogP contribution in [0.15, 0.2) is 42.9 Å². The second-order valence-corrected chi connectivity index (χ2v) is 7.17. The predicted molar refractivity (Wildman–Crippen MR) is 104 cm³/mol. The first-order valence-corrected chi connectivity index (χ1v) is 9.49. The molecule has 5 rings (SSSR count). The topological polar surface area (TPSA) is 52.3 Å². The van der Waals surface area contributed by atoms with Crippen molar-refractivity contribution in [2.75, 3.05) is 6.61 Å². The standard InChI is InChI=1S/C22H18F2N4O/c1-13-10-14(23)2-3-15(13)18-11-25-21(28-12-26-27-22(18)28)7-4-16-17-8-9-29-20(17)6-5-19(16)24/h2-3,5-6,10-12H,4,7-9H2,1H3. The molecule has 29 heavy (non-hydrogen) atoms. The number of rotatable bonds is 4. The van der Waals surface area contributed by atoms with Crippen LogP contribution in [0.1, 0.15) is 22.5 Å². The van der Waals surface area contributed by atoms with Crippen molar-refractivity contribution in [3.8, 4) is 16.9 Å². The Hall–Kier alpha value is -3.35. The van der Waals surface area contributed by atoms with Crippen molar-refractivity contribution in [1.82, 2.24) is 19.6 Å². The second-order valence-electron chi connectivity index (χ2n) is 7.17. The molecule has 3 heterocycles. The van der Waals surface area contributed by atoms with E-state index in [0.29, 0.717) is 30.7 Å². The Morgan fingerprint density at radius 1 is 1.10 bits per heavy atom. The van der Waals surface area contributed by atoms with E-state index >= 15 is 0 Å². The van der Waals surface area contributed by atoms with Crippen molar-refractivity contribution in [2.45, 2.75) is 26.2 Å². The van der Waals surface area contributed by atoms with Crippen LogP contribution in [-0.4, -0.2) is 26.2 Å². The van der Waals surface area contributed by atoms with Crippen LogP contribution < -0.4 is 4.74 Å². The van der Waals surface area contributed by atoms with Gasteiger partial charge in [0.2, 0.25) is 0 Å². The number of nitrogens with zero attached hydrogens (tertiary/aromatic N) is 4. The first-order chi connectivity index (χ1) is 14.1. The first kappa shape index (κ1) is 17.7. The molecular formula is C22H18F2N4O. The van der Waals surface area contributed by atoms with Crippen LogP contribution in [0.4, 0.5) is 8.78 Å². The van der Waals surface area contributed by atoms with Gasteiger partial charge in [-0.3, -0.25) is 4.40 Å². The molecule has 1 aliphatic rings. The highest BCUT2D eigenvalue weighted by atomic mass is 19.1. The van der Waals surface area contributed by atoms with Crippen LogP contribution in [0.25, 0.3) is 16.8 Å². The molecule has 0 fully saturated rings. The summed E-state index contributed by atoms with van der Waals surface area (Å²) < 4.78 is 35.3. The summed E-state index contributed by atoms with van der Waals surface area (Å²) in [6, 6.07) is 7.78. The maximum Gasteiger partial charge on any atom is 0.171 e. The van der Waals surface area contributed by atoms with Gasteiger partial charge in [0.15, 0.2) is 5.65 Å². The minimum absolute atomic E-state index is 0.215. The van der Waals surface area contributed by atoms with E-state index < -0.39 is 0 Å². The van der Waals surface area contributed by atoms with E-state index in [2.05, 4.69) is 15.2 Å². The van der Waals surface area contributed by atoms with Gasteiger partial charge in [0.1, 0.15) is 29.5 Å². The Labute approximate surface area is 166 Å². The molecule has 0 amide bonds. The summed E-state index contributed by atoms with van der Waals surface area (Å²) in [6.45, 7) is 2.44. The SMILES string of the molecule is Cc1cc(F)ccc1-c1cnc(CCc2c(F)ccc3c2CCO3)n2cnnc12. The van der Waals surface area contributed by atoms with E-state index in [4.69, 9.17) is 4.74 Å². The van der Waals surface area contributed by atoms with Crippen molar-refractivity contribution in [3.05, 3.63) is 77.0 Å². The smallest absolute Gasteiger partial charge is 0.171 e. The number of hydrogen-bond acceptors (Lipinski definition) is 4. The van der Waals surface area contributed by atoms with E-state index in [1.807, 2.05) is 11.3 Å². The summed E-state index contributed by atoms with van der Waals surface area (Å²) in [5.41, 5.74) is 4.71. The number of hydrogen-bond donors (Lipinski definition) is 0. The summed E-state index contributed by atoms with van der Waals surface area (Å²) in [5.74, 6) is 1.01. The molecule has 0 radical (unpaired) electrons. The number of halogens is 2. The minimum atomic E-state index is -0.283. The Bertz CT molecular complexity index is 1240. The lowest BCUT2D eigenvalue weighted by molar-refractivity contribution is 0.356. The highest BCUT2D eigenvalue weighted by Gasteiger charge is 2.20. The zero-order chi connectivity index (χ0) is 20.0. The fourth-order valence-electron chi connectivity index (χ4n) is 3.99. The summed E-state index contributed by atoms with van der Waals surface area (Å²) >= 11 is 0. The lowest BCUT2D eigenvalue weighted by atomic mass is 9.99. The van der Waals surface area contributed by atoms with Gasteiger partial charge in [0, 0.05) is 30.2 Å². The third kappa shape index (κ3) is 3.03. The quantitative estimate of drug-likeness (QED) is 0.525.